The summed E-state index contributed by atoms with van der Waals surface area (Å²) in [5, 5.41) is 4.07. The van der Waals surface area contributed by atoms with Crippen molar-refractivity contribution in [1.82, 2.24) is 19.9 Å². The number of thioether (sulfide) groups is 1. The lowest BCUT2D eigenvalue weighted by Crippen LogP contribution is -2.41. The maximum atomic E-state index is 13.7. The normalized spacial score (nSPS) is 18.0. The number of nitrogens with one attached hydrogen (secondary N) is 1. The van der Waals surface area contributed by atoms with Gasteiger partial charge in [-0.2, -0.15) is 0 Å². The number of imidazole rings is 1. The largest absolute Gasteiger partial charge is 0.349 e. The predicted octanol–water partition coefficient (Wildman–Crippen LogP) is 6.22. The molecule has 180 valence electrons. The van der Waals surface area contributed by atoms with Crippen molar-refractivity contribution in [3.8, 4) is 0 Å². The average molecular weight is 489 g/mol. The highest BCUT2D eigenvalue weighted by Crippen LogP contribution is 2.28. The fourth-order valence-corrected chi connectivity index (χ4v) is 5.68. The molecule has 0 spiro atoms. The van der Waals surface area contributed by atoms with E-state index in [-0.39, 0.29) is 17.8 Å². The molecule has 5 nitrogen and oxygen atoms in total. The van der Waals surface area contributed by atoms with E-state index < -0.39 is 0 Å². The van der Waals surface area contributed by atoms with E-state index in [4.69, 9.17) is 4.98 Å². The molecule has 4 aromatic rings. The van der Waals surface area contributed by atoms with Crippen molar-refractivity contribution in [3.63, 3.8) is 0 Å². The maximum Gasteiger partial charge on any atom is 0.251 e. The lowest BCUT2D eigenvalue weighted by molar-refractivity contribution is 0.0910. The summed E-state index contributed by atoms with van der Waals surface area (Å²) >= 11 is 1.62. The molecule has 0 saturated heterocycles. The Labute approximate surface area is 209 Å². The third kappa shape index (κ3) is 5.56. The van der Waals surface area contributed by atoms with Crippen LogP contribution in [0.5, 0.6) is 0 Å². The van der Waals surface area contributed by atoms with Gasteiger partial charge in [-0.15, -0.1) is 0 Å². The SMILES string of the molecule is C[C@@H]1CCCC[C@@H]1NC(=O)c1ccc(CSc2nc3ccncc3n2Cc2cccc(F)c2)cc1. The molecular weight excluding hydrogens is 459 g/mol. The van der Waals surface area contributed by atoms with Crippen molar-refractivity contribution >= 4 is 28.7 Å². The molecule has 0 unspecified atom stereocenters. The minimum atomic E-state index is -0.249. The first-order valence-corrected chi connectivity index (χ1v) is 13.1. The number of rotatable bonds is 7. The Hall–Kier alpha value is -3.19. The standard InChI is InChI=1S/C28H29FN4OS/c1-19-5-2-3-8-24(19)31-27(34)22-11-9-20(10-12-22)18-35-28-32-25-13-14-30-16-26(25)33(28)17-21-6-4-7-23(29)15-21/h4,6-7,9-16,19,24H,2-3,5,8,17-18H2,1H3,(H,31,34)/t19-,24+/m1/s1. The lowest BCUT2D eigenvalue weighted by atomic mass is 9.86. The number of halogens is 1. The fraction of sp³-hybridized carbons (Fsp3) is 0.321. The Morgan fingerprint density at radius 1 is 1.11 bits per heavy atom. The maximum absolute atomic E-state index is 13.7. The Balaban J connectivity index is 1.28. The van der Waals surface area contributed by atoms with Gasteiger partial charge in [0.2, 0.25) is 0 Å². The van der Waals surface area contributed by atoms with Crippen LogP contribution in [0.2, 0.25) is 0 Å². The van der Waals surface area contributed by atoms with Crippen molar-refractivity contribution in [2.24, 2.45) is 5.92 Å². The van der Waals surface area contributed by atoms with E-state index >= 15 is 0 Å². The topological polar surface area (TPSA) is 59.8 Å². The van der Waals surface area contributed by atoms with Gasteiger partial charge in [0, 0.05) is 23.6 Å². The predicted molar refractivity (Wildman–Crippen MR) is 138 cm³/mol. The number of nitrogens with zero attached hydrogens (tertiary/aromatic N) is 3. The van der Waals surface area contributed by atoms with Gasteiger partial charge in [0.15, 0.2) is 5.16 Å². The molecule has 1 saturated carbocycles. The Morgan fingerprint density at radius 3 is 2.74 bits per heavy atom. The minimum Gasteiger partial charge on any atom is -0.349 e. The van der Waals surface area contributed by atoms with Crippen molar-refractivity contribution in [2.45, 2.75) is 56.1 Å². The molecule has 2 heterocycles. The number of hydrogen-bond donors (Lipinski definition) is 1. The van der Waals surface area contributed by atoms with E-state index in [1.807, 2.05) is 36.4 Å². The summed E-state index contributed by atoms with van der Waals surface area (Å²) in [6.07, 6.45) is 8.22. The molecule has 1 aliphatic rings. The van der Waals surface area contributed by atoms with Crippen LogP contribution >= 0.6 is 11.8 Å². The van der Waals surface area contributed by atoms with Gasteiger partial charge in [-0.25, -0.2) is 9.37 Å². The van der Waals surface area contributed by atoms with E-state index in [9.17, 15) is 9.18 Å². The quantitative estimate of drug-likeness (QED) is 0.314. The average Bonchev–Trinajstić information content (AvgIpc) is 3.21. The summed E-state index contributed by atoms with van der Waals surface area (Å²) in [6.45, 7) is 2.74. The lowest BCUT2D eigenvalue weighted by Gasteiger charge is -2.29. The molecule has 2 aromatic heterocycles. The Morgan fingerprint density at radius 2 is 1.94 bits per heavy atom. The second kappa shape index (κ2) is 10.6. The van der Waals surface area contributed by atoms with Gasteiger partial charge in [-0.05, 0) is 60.2 Å². The molecule has 5 rings (SSSR count). The van der Waals surface area contributed by atoms with Crippen LogP contribution in [-0.2, 0) is 12.3 Å². The van der Waals surface area contributed by atoms with Crippen LogP contribution < -0.4 is 5.32 Å². The zero-order valence-electron chi connectivity index (χ0n) is 19.8. The molecule has 0 bridgehead atoms. The van der Waals surface area contributed by atoms with E-state index in [2.05, 4.69) is 21.8 Å². The number of pyridine rings is 1. The van der Waals surface area contributed by atoms with Crippen molar-refractivity contribution in [2.75, 3.05) is 0 Å². The smallest absolute Gasteiger partial charge is 0.251 e. The number of amides is 1. The van der Waals surface area contributed by atoms with Crippen LogP contribution in [0.1, 0.15) is 54.1 Å². The van der Waals surface area contributed by atoms with Crippen molar-refractivity contribution in [1.29, 1.82) is 0 Å². The van der Waals surface area contributed by atoms with Gasteiger partial charge >= 0.3 is 0 Å². The Kier molecular flexibility index (Phi) is 7.13. The van der Waals surface area contributed by atoms with Crippen LogP contribution in [0.15, 0.2) is 72.1 Å². The van der Waals surface area contributed by atoms with E-state index in [0.29, 0.717) is 23.8 Å². The first-order chi connectivity index (χ1) is 17.1. The molecule has 1 N–H and O–H groups in total. The highest BCUT2D eigenvalue weighted by atomic mass is 32.2. The van der Waals surface area contributed by atoms with Crippen molar-refractivity contribution < 1.29 is 9.18 Å². The first kappa shape index (κ1) is 23.5. The molecule has 1 aliphatic carbocycles. The zero-order chi connectivity index (χ0) is 24.2. The Bertz CT molecular complexity index is 1320. The second-order valence-electron chi connectivity index (χ2n) is 9.30. The summed E-state index contributed by atoms with van der Waals surface area (Å²) in [6, 6.07) is 16.6. The van der Waals surface area contributed by atoms with Crippen LogP contribution in [0.25, 0.3) is 11.0 Å². The molecular formula is C28H29FN4OS. The number of carbonyl (C=O) groups is 1. The molecule has 2 aromatic carbocycles. The van der Waals surface area contributed by atoms with Crippen LogP contribution in [0.4, 0.5) is 4.39 Å². The van der Waals surface area contributed by atoms with Gasteiger partial charge in [-0.1, -0.05) is 55.8 Å². The third-order valence-corrected chi connectivity index (χ3v) is 7.80. The highest BCUT2D eigenvalue weighted by molar-refractivity contribution is 7.98. The summed E-state index contributed by atoms with van der Waals surface area (Å²) in [4.78, 5) is 21.8. The molecule has 2 atom stereocenters. The third-order valence-electron chi connectivity index (χ3n) is 6.76. The number of fused-ring (bicyclic) bond motifs is 1. The van der Waals surface area contributed by atoms with Crippen LogP contribution in [-0.4, -0.2) is 26.5 Å². The van der Waals surface area contributed by atoms with Gasteiger partial charge in [0.1, 0.15) is 5.82 Å². The van der Waals surface area contributed by atoms with Gasteiger partial charge in [0.05, 0.1) is 23.8 Å². The summed E-state index contributed by atoms with van der Waals surface area (Å²) < 4.78 is 15.8. The van der Waals surface area contributed by atoms with Crippen LogP contribution in [0, 0.1) is 11.7 Å². The van der Waals surface area contributed by atoms with E-state index in [1.54, 1.807) is 36.3 Å². The number of hydrogen-bond acceptors (Lipinski definition) is 4. The van der Waals surface area contributed by atoms with Crippen LogP contribution in [0.3, 0.4) is 0 Å². The summed E-state index contributed by atoms with van der Waals surface area (Å²) in [5.74, 6) is 1.00. The van der Waals surface area contributed by atoms with E-state index in [1.165, 1.54) is 25.3 Å². The second-order valence-corrected chi connectivity index (χ2v) is 10.2. The van der Waals surface area contributed by atoms with E-state index in [0.717, 1.165) is 33.7 Å². The molecule has 35 heavy (non-hydrogen) atoms. The van der Waals surface area contributed by atoms with Crippen molar-refractivity contribution in [3.05, 3.63) is 89.5 Å². The monoisotopic (exact) mass is 488 g/mol. The molecule has 7 heteroatoms. The zero-order valence-corrected chi connectivity index (χ0v) is 20.6. The molecule has 1 amide bonds. The van der Waals surface area contributed by atoms with Gasteiger partial charge in [-0.3, -0.25) is 9.78 Å². The number of carbonyl (C=O) groups excluding carboxylic acids is 1. The highest BCUT2D eigenvalue weighted by Gasteiger charge is 2.23. The fourth-order valence-electron chi connectivity index (χ4n) is 4.71. The minimum absolute atomic E-state index is 0.00680. The molecule has 1 fully saturated rings. The van der Waals surface area contributed by atoms with Gasteiger partial charge < -0.3 is 9.88 Å². The number of aromatic nitrogens is 3. The summed E-state index contributed by atoms with van der Waals surface area (Å²) in [5.41, 5.74) is 4.46. The van der Waals surface area contributed by atoms with Gasteiger partial charge in [0.25, 0.3) is 5.91 Å². The molecule has 0 radical (unpaired) electrons. The first-order valence-electron chi connectivity index (χ1n) is 12.1. The summed E-state index contributed by atoms with van der Waals surface area (Å²) in [7, 11) is 0. The number of benzene rings is 2. The molecule has 0 aliphatic heterocycles.